The Bertz CT molecular complexity index is 774. The van der Waals surface area contributed by atoms with Crippen LogP contribution in [-0.2, 0) is 10.0 Å². The lowest BCUT2D eigenvalue weighted by Crippen LogP contribution is -2.34. The first kappa shape index (κ1) is 16.4. The third-order valence-electron chi connectivity index (χ3n) is 2.49. The minimum Gasteiger partial charge on any atom is -0.481 e. The number of hydrogen-bond acceptors (Lipinski definition) is 8. The number of carbonyl (C=O) groups excluding carboxylic acids is 1. The molecule has 0 aliphatic carbocycles. The zero-order chi connectivity index (χ0) is 16.9. The fraction of sp³-hybridized carbons (Fsp3) is 0.167. The smallest absolute Gasteiger partial charge is 0.335 e. The second kappa shape index (κ2) is 6.87. The Balaban J connectivity index is 2.14. The first-order valence-corrected chi connectivity index (χ1v) is 7.64. The molecular weight excluding hydrogens is 326 g/mol. The summed E-state index contributed by atoms with van der Waals surface area (Å²) < 4.78 is 35.6. The number of anilines is 1. The molecular formula is C12H13N5O5S. The molecule has 2 rings (SSSR count). The van der Waals surface area contributed by atoms with Gasteiger partial charge in [0.2, 0.25) is 17.7 Å². The first-order valence-electron chi connectivity index (χ1n) is 6.15. The normalized spacial score (nSPS) is 10.7. The van der Waals surface area contributed by atoms with Gasteiger partial charge in [-0.15, -0.1) is 0 Å². The molecule has 2 aromatic heterocycles. The molecule has 0 bridgehead atoms. The third kappa shape index (κ3) is 4.26. The average molecular weight is 339 g/mol. The molecule has 2 N–H and O–H groups in total. The standard InChI is InChI=1S/C12H13N5O5S/c1-21-9-6-10(22-2)15-11(14-9)16-12(18)17-23(19,20)8-4-3-5-13-7-8/h3-7H,1-2H3,(H2,14,15,16,17,18). The highest BCUT2D eigenvalue weighted by Gasteiger charge is 2.18. The van der Waals surface area contributed by atoms with Gasteiger partial charge in [-0.05, 0) is 12.1 Å². The molecule has 2 heterocycles. The van der Waals surface area contributed by atoms with Crippen LogP contribution in [0.15, 0.2) is 35.5 Å². The van der Waals surface area contributed by atoms with Crippen molar-refractivity contribution in [2.45, 2.75) is 4.90 Å². The lowest BCUT2D eigenvalue weighted by molar-refractivity contribution is 0.256. The number of rotatable bonds is 5. The van der Waals surface area contributed by atoms with E-state index in [1.54, 1.807) is 0 Å². The van der Waals surface area contributed by atoms with Crippen molar-refractivity contribution in [3.8, 4) is 11.8 Å². The highest BCUT2D eigenvalue weighted by Crippen LogP contribution is 2.17. The van der Waals surface area contributed by atoms with E-state index in [0.29, 0.717) is 0 Å². The number of urea groups is 1. The molecule has 0 aliphatic rings. The van der Waals surface area contributed by atoms with Crippen LogP contribution in [0, 0.1) is 0 Å². The fourth-order valence-electron chi connectivity index (χ4n) is 1.48. The molecule has 0 fully saturated rings. The molecule has 11 heteroatoms. The number of methoxy groups -OCH3 is 2. The minimum atomic E-state index is -4.05. The predicted octanol–water partition coefficient (Wildman–Crippen LogP) is 0.399. The zero-order valence-electron chi connectivity index (χ0n) is 12.2. The molecule has 23 heavy (non-hydrogen) atoms. The topological polar surface area (TPSA) is 132 Å². The van der Waals surface area contributed by atoms with Crippen molar-refractivity contribution in [3.63, 3.8) is 0 Å². The molecule has 10 nitrogen and oxygen atoms in total. The van der Waals surface area contributed by atoms with Crippen LogP contribution in [0.2, 0.25) is 0 Å². The average Bonchev–Trinajstić information content (AvgIpc) is 2.54. The summed E-state index contributed by atoms with van der Waals surface area (Å²) in [5.74, 6) is 0.101. The number of ether oxygens (including phenoxy) is 2. The zero-order valence-corrected chi connectivity index (χ0v) is 13.0. The van der Waals surface area contributed by atoms with Crippen LogP contribution < -0.4 is 19.5 Å². The number of pyridine rings is 1. The Labute approximate surface area is 131 Å². The summed E-state index contributed by atoms with van der Waals surface area (Å²) >= 11 is 0. The second-order valence-corrected chi connectivity index (χ2v) is 5.71. The van der Waals surface area contributed by atoms with E-state index in [1.165, 1.54) is 38.6 Å². The van der Waals surface area contributed by atoms with Gasteiger partial charge in [0, 0.05) is 12.4 Å². The summed E-state index contributed by atoms with van der Waals surface area (Å²) in [5, 5.41) is 2.19. The van der Waals surface area contributed by atoms with E-state index in [2.05, 4.69) is 20.3 Å². The Morgan fingerprint density at radius 1 is 1.17 bits per heavy atom. The van der Waals surface area contributed by atoms with E-state index in [0.717, 1.165) is 6.20 Å². The predicted molar refractivity (Wildman–Crippen MR) is 78.7 cm³/mol. The second-order valence-electron chi connectivity index (χ2n) is 4.02. The van der Waals surface area contributed by atoms with E-state index in [4.69, 9.17) is 9.47 Å². The molecule has 0 atom stereocenters. The number of nitrogens with zero attached hydrogens (tertiary/aromatic N) is 3. The maximum Gasteiger partial charge on any atom is 0.335 e. The van der Waals surface area contributed by atoms with Gasteiger partial charge in [-0.25, -0.2) is 17.9 Å². The summed E-state index contributed by atoms with van der Waals surface area (Å²) in [4.78, 5) is 23.0. The molecule has 0 saturated heterocycles. The van der Waals surface area contributed by atoms with E-state index in [1.807, 2.05) is 4.72 Å². The highest BCUT2D eigenvalue weighted by molar-refractivity contribution is 7.90. The first-order chi connectivity index (χ1) is 10.9. The number of hydrogen-bond donors (Lipinski definition) is 2. The molecule has 0 radical (unpaired) electrons. The number of amides is 2. The van der Waals surface area contributed by atoms with Gasteiger partial charge in [-0.3, -0.25) is 10.3 Å². The fourth-order valence-corrected chi connectivity index (χ4v) is 2.35. The largest absolute Gasteiger partial charge is 0.481 e. The van der Waals surface area contributed by atoms with E-state index in [-0.39, 0.29) is 22.6 Å². The lowest BCUT2D eigenvalue weighted by Gasteiger charge is -2.09. The van der Waals surface area contributed by atoms with Crippen molar-refractivity contribution in [1.82, 2.24) is 19.7 Å². The van der Waals surface area contributed by atoms with Crippen LogP contribution >= 0.6 is 0 Å². The molecule has 2 amide bonds. The van der Waals surface area contributed by atoms with Gasteiger partial charge in [0.15, 0.2) is 0 Å². The number of aromatic nitrogens is 3. The van der Waals surface area contributed by atoms with Crippen molar-refractivity contribution in [3.05, 3.63) is 30.6 Å². The molecule has 0 aromatic carbocycles. The molecule has 0 unspecified atom stereocenters. The van der Waals surface area contributed by atoms with E-state index < -0.39 is 16.1 Å². The van der Waals surface area contributed by atoms with Crippen LogP contribution in [0.1, 0.15) is 0 Å². The van der Waals surface area contributed by atoms with Gasteiger partial charge in [0.25, 0.3) is 10.0 Å². The number of nitrogens with one attached hydrogen (secondary N) is 2. The Kier molecular flexibility index (Phi) is 4.91. The summed E-state index contributed by atoms with van der Waals surface area (Å²) in [5.41, 5.74) is 0. The molecule has 122 valence electrons. The Morgan fingerprint density at radius 2 is 1.83 bits per heavy atom. The van der Waals surface area contributed by atoms with Gasteiger partial charge >= 0.3 is 6.03 Å². The Hall–Kier alpha value is -2.95. The third-order valence-corrected chi connectivity index (χ3v) is 3.81. The molecule has 0 saturated carbocycles. The van der Waals surface area contributed by atoms with Crippen LogP contribution in [0.5, 0.6) is 11.8 Å². The maximum absolute atomic E-state index is 12.0. The van der Waals surface area contributed by atoms with Crippen molar-refractivity contribution >= 4 is 22.0 Å². The molecule has 0 spiro atoms. The summed E-state index contributed by atoms with van der Waals surface area (Å²) in [6, 6.07) is 3.09. The van der Waals surface area contributed by atoms with Gasteiger partial charge in [0.05, 0.1) is 20.3 Å². The highest BCUT2D eigenvalue weighted by atomic mass is 32.2. The van der Waals surface area contributed by atoms with Crippen molar-refractivity contribution in [2.24, 2.45) is 0 Å². The van der Waals surface area contributed by atoms with Gasteiger partial charge in [-0.1, -0.05) is 0 Å². The summed E-state index contributed by atoms with van der Waals surface area (Å²) in [6.07, 6.45) is 2.52. The SMILES string of the molecule is COc1cc(OC)nc(NC(=O)NS(=O)(=O)c2cccnc2)n1. The summed E-state index contributed by atoms with van der Waals surface area (Å²) in [6.45, 7) is 0. The monoisotopic (exact) mass is 339 g/mol. The van der Waals surface area contributed by atoms with Crippen LogP contribution in [0.3, 0.4) is 0 Å². The quantitative estimate of drug-likeness (QED) is 0.800. The van der Waals surface area contributed by atoms with Crippen molar-refractivity contribution in [2.75, 3.05) is 19.5 Å². The van der Waals surface area contributed by atoms with Crippen LogP contribution in [0.4, 0.5) is 10.7 Å². The Morgan fingerprint density at radius 3 is 2.35 bits per heavy atom. The summed E-state index contributed by atoms with van der Waals surface area (Å²) in [7, 11) is -1.31. The number of sulfonamides is 1. The van der Waals surface area contributed by atoms with E-state index >= 15 is 0 Å². The van der Waals surface area contributed by atoms with Gasteiger partial charge in [0.1, 0.15) is 4.90 Å². The lowest BCUT2D eigenvalue weighted by atomic mass is 10.5. The van der Waals surface area contributed by atoms with Gasteiger partial charge in [-0.2, -0.15) is 9.97 Å². The van der Waals surface area contributed by atoms with Crippen molar-refractivity contribution < 1.29 is 22.7 Å². The minimum absolute atomic E-state index is 0.141. The van der Waals surface area contributed by atoms with E-state index in [9.17, 15) is 13.2 Å². The maximum atomic E-state index is 12.0. The van der Waals surface area contributed by atoms with Gasteiger partial charge < -0.3 is 9.47 Å². The van der Waals surface area contributed by atoms with Crippen LogP contribution in [-0.4, -0.2) is 43.6 Å². The molecule has 2 aromatic rings. The number of carbonyl (C=O) groups is 1. The van der Waals surface area contributed by atoms with Crippen LogP contribution in [0.25, 0.3) is 0 Å². The van der Waals surface area contributed by atoms with Crippen molar-refractivity contribution in [1.29, 1.82) is 0 Å². The molecule has 0 aliphatic heterocycles.